The summed E-state index contributed by atoms with van der Waals surface area (Å²) in [5.74, 6) is -0.582. The summed E-state index contributed by atoms with van der Waals surface area (Å²) in [4.78, 5) is 22.4. The molecule has 1 aromatic carbocycles. The van der Waals surface area contributed by atoms with Crippen molar-refractivity contribution in [3.05, 3.63) is 29.3 Å². The van der Waals surface area contributed by atoms with Crippen molar-refractivity contribution in [2.45, 2.75) is 6.92 Å². The number of ether oxygens (including phenoxy) is 1. The zero-order chi connectivity index (χ0) is 12.1. The van der Waals surface area contributed by atoms with Crippen LogP contribution >= 0.6 is 11.6 Å². The van der Waals surface area contributed by atoms with Crippen molar-refractivity contribution in [3.8, 4) is 0 Å². The van der Waals surface area contributed by atoms with Crippen LogP contribution in [0.2, 0.25) is 0 Å². The smallest absolute Gasteiger partial charge is 0.415 e. The first-order valence-corrected chi connectivity index (χ1v) is 4.98. The van der Waals surface area contributed by atoms with Gasteiger partial charge in [-0.15, -0.1) is 0 Å². The maximum Gasteiger partial charge on any atom is 0.415 e. The lowest BCUT2D eigenvalue weighted by Crippen LogP contribution is -2.30. The average Bonchev–Trinajstić information content (AvgIpc) is 2.22. The number of hydrogen-bond acceptors (Lipinski definition) is 4. The summed E-state index contributed by atoms with van der Waals surface area (Å²) < 4.78 is 4.35. The lowest BCUT2D eigenvalue weighted by atomic mass is 10.1. The Morgan fingerprint density at radius 1 is 1.50 bits per heavy atom. The predicted octanol–water partition coefficient (Wildman–Crippen LogP) is 1.64. The molecule has 0 radical (unpaired) electrons. The molecule has 1 rings (SSSR count). The lowest BCUT2D eigenvalue weighted by molar-refractivity contribution is 0.0933. The number of halogens is 1. The molecule has 0 aliphatic carbocycles. The van der Waals surface area contributed by atoms with E-state index in [0.717, 1.165) is 5.56 Å². The quantitative estimate of drug-likeness (QED) is 0.610. The van der Waals surface area contributed by atoms with Gasteiger partial charge >= 0.3 is 6.09 Å². The standard InChI is InChI=1S/C10H11ClN2O3/c1-6-2-3-7(4-8(6)12)9(14)13-10(15)16-5-11/h2-4H,5,12H2,1H3,(H,13,14,15). The lowest BCUT2D eigenvalue weighted by Gasteiger charge is -2.05. The van der Waals surface area contributed by atoms with Gasteiger partial charge in [-0.1, -0.05) is 17.7 Å². The number of carbonyl (C=O) groups is 2. The van der Waals surface area contributed by atoms with Crippen molar-refractivity contribution in [1.29, 1.82) is 0 Å². The Hall–Kier alpha value is -1.75. The van der Waals surface area contributed by atoms with E-state index in [-0.39, 0.29) is 11.6 Å². The van der Waals surface area contributed by atoms with Gasteiger partial charge in [0.1, 0.15) is 0 Å². The first-order valence-electron chi connectivity index (χ1n) is 4.45. The number of hydrogen-bond donors (Lipinski definition) is 2. The van der Waals surface area contributed by atoms with Crippen molar-refractivity contribution in [2.75, 3.05) is 11.8 Å². The fourth-order valence-electron chi connectivity index (χ4n) is 1.03. The number of nitrogens with one attached hydrogen (secondary N) is 1. The molecule has 0 fully saturated rings. The molecular weight excluding hydrogens is 232 g/mol. The van der Waals surface area contributed by atoms with E-state index >= 15 is 0 Å². The van der Waals surface area contributed by atoms with Crippen LogP contribution in [0.3, 0.4) is 0 Å². The first-order chi connectivity index (χ1) is 7.54. The fourth-order valence-corrected chi connectivity index (χ4v) is 1.13. The minimum Gasteiger partial charge on any atom is -0.433 e. The van der Waals surface area contributed by atoms with E-state index in [1.54, 1.807) is 12.1 Å². The molecule has 0 aromatic heterocycles. The van der Waals surface area contributed by atoms with Gasteiger partial charge in [-0.25, -0.2) is 4.79 Å². The number of anilines is 1. The van der Waals surface area contributed by atoms with E-state index in [1.807, 2.05) is 12.2 Å². The van der Waals surface area contributed by atoms with Gasteiger partial charge < -0.3 is 10.5 Å². The van der Waals surface area contributed by atoms with Gasteiger partial charge in [0.2, 0.25) is 0 Å². The Bertz CT molecular complexity index is 421. The van der Waals surface area contributed by atoms with Gasteiger partial charge in [0.05, 0.1) is 0 Å². The normalized spacial score (nSPS) is 9.62. The molecule has 6 heteroatoms. The van der Waals surface area contributed by atoms with E-state index in [1.165, 1.54) is 6.07 Å². The van der Waals surface area contributed by atoms with Crippen LogP contribution in [-0.2, 0) is 4.74 Å². The molecule has 0 saturated heterocycles. The molecule has 5 nitrogen and oxygen atoms in total. The van der Waals surface area contributed by atoms with Crippen LogP contribution in [0, 0.1) is 6.92 Å². The van der Waals surface area contributed by atoms with E-state index in [0.29, 0.717) is 5.69 Å². The Morgan fingerprint density at radius 3 is 2.75 bits per heavy atom. The first kappa shape index (κ1) is 12.3. The number of alkyl halides is 1. The highest BCUT2D eigenvalue weighted by Crippen LogP contribution is 2.12. The van der Waals surface area contributed by atoms with Crippen LogP contribution < -0.4 is 11.1 Å². The average molecular weight is 243 g/mol. The highest BCUT2D eigenvalue weighted by atomic mass is 35.5. The van der Waals surface area contributed by atoms with Crippen LogP contribution in [0.25, 0.3) is 0 Å². The number of amides is 2. The number of benzene rings is 1. The molecule has 0 spiro atoms. The van der Waals surface area contributed by atoms with Crippen molar-refractivity contribution in [1.82, 2.24) is 5.32 Å². The highest BCUT2D eigenvalue weighted by Gasteiger charge is 2.11. The molecule has 16 heavy (non-hydrogen) atoms. The fraction of sp³-hybridized carbons (Fsp3) is 0.200. The summed E-state index contributed by atoms with van der Waals surface area (Å²) in [5, 5.41) is 2.00. The third-order valence-electron chi connectivity index (χ3n) is 1.94. The maximum atomic E-state index is 11.5. The molecular formula is C10H11ClN2O3. The minimum atomic E-state index is -0.890. The molecule has 0 saturated carbocycles. The molecule has 0 bridgehead atoms. The minimum absolute atomic E-state index is 0.287. The molecule has 2 amide bonds. The van der Waals surface area contributed by atoms with Crippen LogP contribution in [0.1, 0.15) is 15.9 Å². The second-order valence-corrected chi connectivity index (χ2v) is 3.28. The SMILES string of the molecule is Cc1ccc(C(=O)NC(=O)OCCl)cc1N. The molecule has 86 valence electrons. The van der Waals surface area contributed by atoms with Crippen molar-refractivity contribution < 1.29 is 14.3 Å². The summed E-state index contributed by atoms with van der Waals surface area (Å²) in [6.07, 6.45) is -0.890. The Kier molecular flexibility index (Phi) is 4.13. The van der Waals surface area contributed by atoms with Gasteiger partial charge in [0, 0.05) is 11.3 Å². The maximum absolute atomic E-state index is 11.5. The van der Waals surface area contributed by atoms with Gasteiger partial charge in [-0.05, 0) is 24.6 Å². The van der Waals surface area contributed by atoms with E-state index in [9.17, 15) is 9.59 Å². The Balaban J connectivity index is 2.73. The number of rotatable bonds is 2. The van der Waals surface area contributed by atoms with E-state index in [2.05, 4.69) is 4.74 Å². The largest absolute Gasteiger partial charge is 0.433 e. The van der Waals surface area contributed by atoms with E-state index in [4.69, 9.17) is 17.3 Å². The molecule has 0 heterocycles. The van der Waals surface area contributed by atoms with Crippen molar-refractivity contribution in [2.24, 2.45) is 0 Å². The van der Waals surface area contributed by atoms with Gasteiger partial charge in [0.15, 0.2) is 6.07 Å². The highest BCUT2D eigenvalue weighted by molar-refractivity contribution is 6.17. The van der Waals surface area contributed by atoms with Gasteiger partial charge in [-0.3, -0.25) is 10.1 Å². The summed E-state index contributed by atoms with van der Waals surface area (Å²) in [7, 11) is 0. The van der Waals surface area contributed by atoms with Crippen molar-refractivity contribution >= 4 is 29.3 Å². The number of alkyl carbamates (subject to hydrolysis) is 1. The Morgan fingerprint density at radius 2 is 2.19 bits per heavy atom. The molecule has 1 aromatic rings. The second-order valence-electron chi connectivity index (χ2n) is 3.07. The second kappa shape index (κ2) is 5.37. The zero-order valence-electron chi connectivity index (χ0n) is 8.62. The van der Waals surface area contributed by atoms with Crippen LogP contribution in [0.4, 0.5) is 10.5 Å². The molecule has 0 aliphatic rings. The predicted molar refractivity (Wildman–Crippen MR) is 60.3 cm³/mol. The van der Waals surface area contributed by atoms with Gasteiger partial charge in [-0.2, -0.15) is 0 Å². The van der Waals surface area contributed by atoms with Crippen LogP contribution in [-0.4, -0.2) is 18.1 Å². The third kappa shape index (κ3) is 3.13. The number of nitrogens with two attached hydrogens (primary N) is 1. The summed E-state index contributed by atoms with van der Waals surface area (Å²) in [6, 6.07) is 4.43. The molecule has 0 atom stereocenters. The monoisotopic (exact) mass is 242 g/mol. The number of imide groups is 1. The zero-order valence-corrected chi connectivity index (χ0v) is 9.38. The number of aryl methyl sites for hydroxylation is 1. The van der Waals surface area contributed by atoms with E-state index < -0.39 is 12.0 Å². The van der Waals surface area contributed by atoms with Crippen molar-refractivity contribution in [3.63, 3.8) is 0 Å². The van der Waals surface area contributed by atoms with Gasteiger partial charge in [0.25, 0.3) is 5.91 Å². The Labute approximate surface area is 97.5 Å². The molecule has 0 unspecified atom stereocenters. The summed E-state index contributed by atoms with van der Waals surface area (Å²) in [6.45, 7) is 1.82. The van der Waals surface area contributed by atoms with Crippen LogP contribution in [0.15, 0.2) is 18.2 Å². The third-order valence-corrected chi connectivity index (χ3v) is 2.05. The van der Waals surface area contributed by atoms with Crippen LogP contribution in [0.5, 0.6) is 0 Å². The molecule has 3 N–H and O–H groups in total. The summed E-state index contributed by atoms with van der Waals surface area (Å²) in [5.41, 5.74) is 7.26. The number of carbonyl (C=O) groups excluding carboxylic acids is 2. The number of nitrogen functional groups attached to an aromatic ring is 1. The molecule has 0 aliphatic heterocycles. The summed E-state index contributed by atoms with van der Waals surface area (Å²) >= 11 is 5.16. The topological polar surface area (TPSA) is 81.4 Å².